The highest BCUT2D eigenvalue weighted by atomic mass is 16.6. The van der Waals surface area contributed by atoms with E-state index in [-0.39, 0.29) is 12.0 Å². The maximum atomic E-state index is 12.1. The van der Waals surface area contributed by atoms with Crippen molar-refractivity contribution in [1.29, 1.82) is 0 Å². The van der Waals surface area contributed by atoms with Crippen molar-refractivity contribution in [3.8, 4) is 0 Å². The van der Waals surface area contributed by atoms with Gasteiger partial charge in [0.2, 0.25) is 0 Å². The molecular formula is C13H22N4O2. The minimum Gasteiger partial charge on any atom is -0.444 e. The first kappa shape index (κ1) is 13.8. The van der Waals surface area contributed by atoms with Crippen molar-refractivity contribution >= 4 is 6.09 Å². The summed E-state index contributed by atoms with van der Waals surface area (Å²) in [5.41, 5.74) is 0.507. The number of hydrogen-bond donors (Lipinski definition) is 0. The Labute approximate surface area is 113 Å². The molecule has 0 radical (unpaired) electrons. The Hall–Kier alpha value is -1.59. The molecule has 0 spiro atoms. The van der Waals surface area contributed by atoms with Crippen LogP contribution in [0.15, 0.2) is 6.20 Å². The number of rotatable bonds is 1. The van der Waals surface area contributed by atoms with Gasteiger partial charge in [0, 0.05) is 32.3 Å². The number of likely N-dealkylation sites (tertiary alicyclic amines) is 1. The third-order valence-electron chi connectivity index (χ3n) is 3.11. The van der Waals surface area contributed by atoms with Gasteiger partial charge in [-0.1, -0.05) is 5.21 Å². The molecule has 1 amide bonds. The molecule has 6 heteroatoms. The minimum atomic E-state index is -0.448. The summed E-state index contributed by atoms with van der Waals surface area (Å²) in [6.07, 6.45) is 3.70. The average molecular weight is 266 g/mol. The van der Waals surface area contributed by atoms with Gasteiger partial charge < -0.3 is 9.64 Å². The Morgan fingerprint density at radius 1 is 1.47 bits per heavy atom. The van der Waals surface area contributed by atoms with Gasteiger partial charge in [0.15, 0.2) is 0 Å². The molecule has 0 bridgehead atoms. The number of carbonyl (C=O) groups excluding carboxylic acids is 1. The van der Waals surface area contributed by atoms with Gasteiger partial charge in [0.05, 0.1) is 5.69 Å². The maximum absolute atomic E-state index is 12.1. The molecule has 19 heavy (non-hydrogen) atoms. The van der Waals surface area contributed by atoms with E-state index >= 15 is 0 Å². The highest BCUT2D eigenvalue weighted by molar-refractivity contribution is 5.68. The van der Waals surface area contributed by atoms with Crippen LogP contribution >= 0.6 is 0 Å². The van der Waals surface area contributed by atoms with Gasteiger partial charge in [-0.15, -0.1) is 5.10 Å². The molecule has 1 aromatic heterocycles. The number of piperidine rings is 1. The normalized spacial score (nSPS) is 20.4. The first-order valence-corrected chi connectivity index (χ1v) is 6.69. The molecule has 1 aliphatic heterocycles. The molecule has 1 unspecified atom stereocenters. The van der Waals surface area contributed by atoms with E-state index in [0.717, 1.165) is 25.1 Å². The van der Waals surface area contributed by atoms with Crippen molar-refractivity contribution in [2.45, 2.75) is 45.1 Å². The van der Waals surface area contributed by atoms with Crippen LogP contribution in [0.4, 0.5) is 4.79 Å². The van der Waals surface area contributed by atoms with E-state index in [4.69, 9.17) is 4.74 Å². The number of carbonyl (C=O) groups is 1. The van der Waals surface area contributed by atoms with Crippen LogP contribution in [0.25, 0.3) is 0 Å². The number of aryl methyl sites for hydroxylation is 1. The van der Waals surface area contributed by atoms with Crippen molar-refractivity contribution in [3.63, 3.8) is 0 Å². The highest BCUT2D eigenvalue weighted by Crippen LogP contribution is 2.26. The molecule has 1 saturated heterocycles. The predicted octanol–water partition coefficient (Wildman–Crippen LogP) is 1.93. The summed E-state index contributed by atoms with van der Waals surface area (Å²) in [4.78, 5) is 13.8. The third-order valence-corrected chi connectivity index (χ3v) is 3.11. The van der Waals surface area contributed by atoms with Gasteiger partial charge >= 0.3 is 6.09 Å². The summed E-state index contributed by atoms with van der Waals surface area (Å²) in [7, 11) is 1.85. The smallest absolute Gasteiger partial charge is 0.410 e. The van der Waals surface area contributed by atoms with Crippen molar-refractivity contribution in [1.82, 2.24) is 19.9 Å². The van der Waals surface area contributed by atoms with Crippen LogP contribution in [0.5, 0.6) is 0 Å². The van der Waals surface area contributed by atoms with Crippen LogP contribution in [0.2, 0.25) is 0 Å². The molecule has 0 N–H and O–H groups in total. The zero-order valence-electron chi connectivity index (χ0n) is 12.1. The zero-order chi connectivity index (χ0) is 14.0. The lowest BCUT2D eigenvalue weighted by atomic mass is 9.95. The van der Waals surface area contributed by atoms with Crippen LogP contribution in [0, 0.1) is 0 Å². The zero-order valence-corrected chi connectivity index (χ0v) is 12.1. The summed E-state index contributed by atoms with van der Waals surface area (Å²) in [5, 5.41) is 8.10. The minimum absolute atomic E-state index is 0.235. The molecular weight excluding hydrogens is 244 g/mol. The summed E-state index contributed by atoms with van der Waals surface area (Å²) in [6, 6.07) is 0. The Balaban J connectivity index is 1.99. The van der Waals surface area contributed by atoms with E-state index in [1.165, 1.54) is 0 Å². The largest absolute Gasteiger partial charge is 0.444 e. The molecule has 1 atom stereocenters. The molecule has 1 aromatic rings. The van der Waals surface area contributed by atoms with Gasteiger partial charge in [0.1, 0.15) is 5.60 Å². The predicted molar refractivity (Wildman–Crippen MR) is 70.8 cm³/mol. The fourth-order valence-electron chi connectivity index (χ4n) is 2.26. The SMILES string of the molecule is Cn1cc(C2CCCN(C(=O)OC(C)(C)C)C2)nn1. The van der Waals surface area contributed by atoms with Crippen LogP contribution in [0.1, 0.15) is 45.2 Å². The topological polar surface area (TPSA) is 60.2 Å². The molecule has 2 rings (SSSR count). The monoisotopic (exact) mass is 266 g/mol. The number of aromatic nitrogens is 3. The summed E-state index contributed by atoms with van der Waals surface area (Å²) in [6.45, 7) is 7.07. The lowest BCUT2D eigenvalue weighted by Gasteiger charge is -2.33. The van der Waals surface area contributed by atoms with Crippen LogP contribution in [-0.4, -0.2) is 44.7 Å². The second-order valence-electron chi connectivity index (χ2n) is 6.08. The number of ether oxygens (including phenoxy) is 1. The third kappa shape index (κ3) is 3.68. The second kappa shape index (κ2) is 5.19. The molecule has 2 heterocycles. The number of hydrogen-bond acceptors (Lipinski definition) is 4. The molecule has 106 valence electrons. The lowest BCUT2D eigenvalue weighted by molar-refractivity contribution is 0.0197. The summed E-state index contributed by atoms with van der Waals surface area (Å²) >= 11 is 0. The van der Waals surface area contributed by atoms with Gasteiger partial charge in [-0.05, 0) is 33.6 Å². The van der Waals surface area contributed by atoms with Crippen molar-refractivity contribution in [3.05, 3.63) is 11.9 Å². The van der Waals surface area contributed by atoms with Crippen LogP contribution in [-0.2, 0) is 11.8 Å². The van der Waals surface area contributed by atoms with Gasteiger partial charge in [0.25, 0.3) is 0 Å². The molecule has 6 nitrogen and oxygen atoms in total. The first-order chi connectivity index (χ1) is 8.85. The molecule has 0 saturated carbocycles. The van der Waals surface area contributed by atoms with E-state index < -0.39 is 5.60 Å². The lowest BCUT2D eigenvalue weighted by Crippen LogP contribution is -2.42. The Morgan fingerprint density at radius 3 is 2.79 bits per heavy atom. The molecule has 1 fully saturated rings. The van der Waals surface area contributed by atoms with E-state index in [9.17, 15) is 4.79 Å². The van der Waals surface area contributed by atoms with Crippen LogP contribution < -0.4 is 0 Å². The van der Waals surface area contributed by atoms with E-state index in [0.29, 0.717) is 6.54 Å². The van der Waals surface area contributed by atoms with Gasteiger partial charge in [-0.3, -0.25) is 4.68 Å². The molecule has 1 aliphatic rings. The second-order valence-corrected chi connectivity index (χ2v) is 6.08. The number of amides is 1. The maximum Gasteiger partial charge on any atom is 0.410 e. The summed E-state index contributed by atoms with van der Waals surface area (Å²) < 4.78 is 7.11. The average Bonchev–Trinajstić information content (AvgIpc) is 2.74. The first-order valence-electron chi connectivity index (χ1n) is 6.69. The standard InChI is InChI=1S/C13H22N4O2/c1-13(2,3)19-12(18)17-7-5-6-10(8-17)11-9-16(4)15-14-11/h9-10H,5-8H2,1-4H3. The molecule has 0 aliphatic carbocycles. The fraction of sp³-hybridized carbons (Fsp3) is 0.769. The van der Waals surface area contributed by atoms with Crippen molar-refractivity contribution < 1.29 is 9.53 Å². The quantitative estimate of drug-likeness (QED) is 0.779. The van der Waals surface area contributed by atoms with Crippen LogP contribution in [0.3, 0.4) is 0 Å². The Morgan fingerprint density at radius 2 is 2.21 bits per heavy atom. The van der Waals surface area contributed by atoms with Gasteiger partial charge in [-0.2, -0.15) is 0 Å². The van der Waals surface area contributed by atoms with Crippen molar-refractivity contribution in [2.75, 3.05) is 13.1 Å². The highest BCUT2D eigenvalue weighted by Gasteiger charge is 2.29. The Bertz CT molecular complexity index is 450. The van der Waals surface area contributed by atoms with E-state index in [1.807, 2.05) is 34.0 Å². The van der Waals surface area contributed by atoms with E-state index in [2.05, 4.69) is 10.3 Å². The summed E-state index contributed by atoms with van der Waals surface area (Å²) in [5.74, 6) is 0.259. The Kier molecular flexibility index (Phi) is 3.78. The number of nitrogens with zero attached hydrogens (tertiary/aromatic N) is 4. The fourth-order valence-corrected chi connectivity index (χ4v) is 2.26. The van der Waals surface area contributed by atoms with Gasteiger partial charge in [-0.25, -0.2) is 4.79 Å². The van der Waals surface area contributed by atoms with E-state index in [1.54, 1.807) is 9.58 Å². The molecule has 0 aromatic carbocycles. The van der Waals surface area contributed by atoms with Crippen molar-refractivity contribution in [2.24, 2.45) is 7.05 Å².